The molecule has 7 heteroatoms. The number of carbonyl (C=O) groups is 2. The summed E-state index contributed by atoms with van der Waals surface area (Å²) < 4.78 is 18.9. The molecule has 0 unspecified atom stereocenters. The van der Waals surface area contributed by atoms with Crippen molar-refractivity contribution in [2.24, 2.45) is 0 Å². The van der Waals surface area contributed by atoms with Crippen molar-refractivity contribution in [1.29, 1.82) is 0 Å². The maximum Gasteiger partial charge on any atom is 0.345 e. The standard InChI is InChI=1S/C18H11BrFNO4/c19-12-8-10(6-7-13(12)20)9-14-16(22)15(18(23)24)17(25-14)21-11-4-2-1-3-5-11/h1-9,21H,(H,23,24)/b14-9-. The second-order valence-electron chi connectivity index (χ2n) is 5.11. The van der Waals surface area contributed by atoms with Crippen molar-refractivity contribution in [2.45, 2.75) is 0 Å². The number of nitrogens with one attached hydrogen (secondary N) is 1. The molecule has 0 saturated carbocycles. The Hall–Kier alpha value is -2.93. The van der Waals surface area contributed by atoms with Gasteiger partial charge >= 0.3 is 5.97 Å². The summed E-state index contributed by atoms with van der Waals surface area (Å²) in [6, 6.07) is 12.9. The van der Waals surface area contributed by atoms with Crippen molar-refractivity contribution in [2.75, 3.05) is 5.32 Å². The number of carboxylic acids is 1. The Morgan fingerprint density at radius 3 is 2.56 bits per heavy atom. The molecule has 0 radical (unpaired) electrons. The minimum absolute atomic E-state index is 0.156. The molecule has 2 aromatic carbocycles. The minimum Gasteiger partial charge on any atom is -0.477 e. The van der Waals surface area contributed by atoms with Crippen LogP contribution >= 0.6 is 15.9 Å². The van der Waals surface area contributed by atoms with Gasteiger partial charge in [0.2, 0.25) is 11.7 Å². The molecule has 126 valence electrons. The topological polar surface area (TPSA) is 75.6 Å². The monoisotopic (exact) mass is 403 g/mol. The van der Waals surface area contributed by atoms with Gasteiger partial charge in [-0.3, -0.25) is 4.79 Å². The van der Waals surface area contributed by atoms with Crippen LogP contribution in [0, 0.1) is 5.82 Å². The molecule has 0 fully saturated rings. The SMILES string of the molecule is O=C(O)C1=C(Nc2ccccc2)O/C(=C\c2ccc(F)c(Br)c2)C1=O. The van der Waals surface area contributed by atoms with Gasteiger partial charge in [0.25, 0.3) is 0 Å². The second-order valence-corrected chi connectivity index (χ2v) is 5.97. The van der Waals surface area contributed by atoms with Crippen molar-refractivity contribution in [3.8, 4) is 0 Å². The number of Topliss-reactive ketones (excluding diaryl/α,β-unsaturated/α-hetero) is 1. The van der Waals surface area contributed by atoms with Crippen LogP contribution in [-0.4, -0.2) is 16.9 Å². The van der Waals surface area contributed by atoms with Gasteiger partial charge in [-0.25, -0.2) is 9.18 Å². The van der Waals surface area contributed by atoms with E-state index >= 15 is 0 Å². The van der Waals surface area contributed by atoms with Crippen LogP contribution in [0.15, 0.2) is 70.2 Å². The molecule has 0 atom stereocenters. The van der Waals surface area contributed by atoms with Gasteiger partial charge in [0.1, 0.15) is 5.82 Å². The lowest BCUT2D eigenvalue weighted by Crippen LogP contribution is -2.12. The molecule has 3 rings (SSSR count). The highest BCUT2D eigenvalue weighted by Crippen LogP contribution is 2.28. The van der Waals surface area contributed by atoms with E-state index in [1.54, 1.807) is 30.3 Å². The Balaban J connectivity index is 1.93. The van der Waals surface area contributed by atoms with Gasteiger partial charge in [0, 0.05) is 5.69 Å². The number of ether oxygens (including phenoxy) is 1. The second kappa shape index (κ2) is 6.90. The number of hydrogen-bond donors (Lipinski definition) is 2. The number of carboxylic acid groups (broad SMARTS) is 1. The lowest BCUT2D eigenvalue weighted by Gasteiger charge is -2.07. The normalized spacial score (nSPS) is 15.4. The van der Waals surface area contributed by atoms with E-state index in [0.717, 1.165) is 0 Å². The van der Waals surface area contributed by atoms with E-state index in [0.29, 0.717) is 11.3 Å². The van der Waals surface area contributed by atoms with E-state index in [1.807, 2.05) is 0 Å². The van der Waals surface area contributed by atoms with Crippen LogP contribution in [0.2, 0.25) is 0 Å². The summed E-state index contributed by atoms with van der Waals surface area (Å²) in [5.74, 6) is -2.92. The van der Waals surface area contributed by atoms with Crippen LogP contribution in [0.3, 0.4) is 0 Å². The number of para-hydroxylation sites is 1. The van der Waals surface area contributed by atoms with Gasteiger partial charge in [0.15, 0.2) is 11.3 Å². The molecule has 1 aliphatic rings. The summed E-state index contributed by atoms with van der Waals surface area (Å²) in [7, 11) is 0. The van der Waals surface area contributed by atoms with Crippen LogP contribution in [0.25, 0.3) is 6.08 Å². The molecule has 0 spiro atoms. The Bertz CT molecular complexity index is 922. The number of aliphatic carboxylic acids is 1. The van der Waals surface area contributed by atoms with Gasteiger partial charge in [0.05, 0.1) is 4.47 Å². The van der Waals surface area contributed by atoms with Crippen LogP contribution < -0.4 is 5.32 Å². The lowest BCUT2D eigenvalue weighted by molar-refractivity contribution is -0.134. The summed E-state index contributed by atoms with van der Waals surface area (Å²) in [5.41, 5.74) is 0.577. The smallest absolute Gasteiger partial charge is 0.345 e. The first-order chi connectivity index (χ1) is 12.0. The zero-order chi connectivity index (χ0) is 18.0. The molecule has 25 heavy (non-hydrogen) atoms. The molecule has 0 bridgehead atoms. The predicted octanol–water partition coefficient (Wildman–Crippen LogP) is 3.94. The molecule has 2 N–H and O–H groups in total. The molecular weight excluding hydrogens is 393 g/mol. The molecular formula is C18H11BrFNO4. The van der Waals surface area contributed by atoms with E-state index in [-0.39, 0.29) is 16.1 Å². The number of ketones is 1. The molecule has 1 heterocycles. The van der Waals surface area contributed by atoms with Crippen LogP contribution in [0.4, 0.5) is 10.1 Å². The van der Waals surface area contributed by atoms with Gasteiger partial charge in [-0.05, 0) is 51.8 Å². The number of carbonyl (C=O) groups excluding carboxylic acids is 1. The van der Waals surface area contributed by atoms with E-state index < -0.39 is 23.1 Å². The van der Waals surface area contributed by atoms with Crippen molar-refractivity contribution >= 4 is 39.4 Å². The molecule has 2 aromatic rings. The first-order valence-corrected chi connectivity index (χ1v) is 7.94. The first kappa shape index (κ1) is 16.9. The van der Waals surface area contributed by atoms with Gasteiger partial charge in [-0.1, -0.05) is 24.3 Å². The van der Waals surface area contributed by atoms with E-state index in [1.165, 1.54) is 24.3 Å². The van der Waals surface area contributed by atoms with Crippen LogP contribution in [0.5, 0.6) is 0 Å². The minimum atomic E-state index is -1.40. The Morgan fingerprint density at radius 1 is 1.20 bits per heavy atom. The van der Waals surface area contributed by atoms with E-state index in [4.69, 9.17) is 4.74 Å². The predicted molar refractivity (Wildman–Crippen MR) is 92.9 cm³/mol. The number of rotatable bonds is 4. The summed E-state index contributed by atoms with van der Waals surface area (Å²) in [6.45, 7) is 0. The highest BCUT2D eigenvalue weighted by atomic mass is 79.9. The third kappa shape index (κ3) is 3.61. The average molecular weight is 404 g/mol. The summed E-state index contributed by atoms with van der Waals surface area (Å²) in [6.07, 6.45) is 1.36. The summed E-state index contributed by atoms with van der Waals surface area (Å²) in [4.78, 5) is 23.8. The molecule has 5 nitrogen and oxygen atoms in total. The average Bonchev–Trinajstić information content (AvgIpc) is 2.87. The Labute approximate surface area is 150 Å². The van der Waals surface area contributed by atoms with Crippen molar-refractivity contribution in [1.82, 2.24) is 0 Å². The fourth-order valence-electron chi connectivity index (χ4n) is 2.22. The van der Waals surface area contributed by atoms with E-state index in [2.05, 4.69) is 21.2 Å². The number of benzene rings is 2. The first-order valence-electron chi connectivity index (χ1n) is 7.14. The maximum atomic E-state index is 13.3. The highest BCUT2D eigenvalue weighted by Gasteiger charge is 2.35. The Kier molecular flexibility index (Phi) is 4.67. The third-order valence-corrected chi connectivity index (χ3v) is 3.98. The van der Waals surface area contributed by atoms with Crippen molar-refractivity contribution in [3.05, 3.63) is 81.6 Å². The summed E-state index contributed by atoms with van der Waals surface area (Å²) >= 11 is 3.05. The zero-order valence-electron chi connectivity index (χ0n) is 12.6. The quantitative estimate of drug-likeness (QED) is 0.597. The number of hydrogen-bond acceptors (Lipinski definition) is 4. The number of halogens is 2. The maximum absolute atomic E-state index is 13.3. The zero-order valence-corrected chi connectivity index (χ0v) is 14.2. The van der Waals surface area contributed by atoms with E-state index in [9.17, 15) is 19.1 Å². The molecule has 0 aliphatic carbocycles. The number of allylic oxidation sites excluding steroid dienone is 1. The van der Waals surface area contributed by atoms with Gasteiger partial charge < -0.3 is 15.2 Å². The molecule has 0 amide bonds. The van der Waals surface area contributed by atoms with Crippen molar-refractivity contribution < 1.29 is 23.8 Å². The number of anilines is 1. The van der Waals surface area contributed by atoms with Crippen LogP contribution in [0.1, 0.15) is 5.56 Å². The fourth-order valence-corrected chi connectivity index (χ4v) is 2.61. The van der Waals surface area contributed by atoms with Crippen molar-refractivity contribution in [3.63, 3.8) is 0 Å². The summed E-state index contributed by atoms with van der Waals surface area (Å²) in [5, 5.41) is 12.1. The molecule has 1 aliphatic heterocycles. The van der Waals surface area contributed by atoms with Crippen LogP contribution in [-0.2, 0) is 14.3 Å². The van der Waals surface area contributed by atoms with Gasteiger partial charge in [-0.15, -0.1) is 0 Å². The largest absolute Gasteiger partial charge is 0.477 e. The molecule has 0 saturated heterocycles. The lowest BCUT2D eigenvalue weighted by atomic mass is 10.1. The third-order valence-electron chi connectivity index (χ3n) is 3.38. The highest BCUT2D eigenvalue weighted by molar-refractivity contribution is 9.10. The molecule has 0 aromatic heterocycles. The fraction of sp³-hybridized carbons (Fsp3) is 0. The Morgan fingerprint density at radius 2 is 1.92 bits per heavy atom. The van der Waals surface area contributed by atoms with Gasteiger partial charge in [-0.2, -0.15) is 0 Å².